The van der Waals surface area contributed by atoms with Crippen molar-refractivity contribution in [3.05, 3.63) is 0 Å². The van der Waals surface area contributed by atoms with Gasteiger partial charge in [-0.1, -0.05) is 59.8 Å². The molecule has 3 unspecified atom stereocenters. The van der Waals surface area contributed by atoms with Gasteiger partial charge in [0.1, 0.15) is 0 Å². The highest BCUT2D eigenvalue weighted by Gasteiger charge is 2.37. The zero-order valence-electron chi connectivity index (χ0n) is 13.1. The smallest absolute Gasteiger partial charge is 0.0332 e. The van der Waals surface area contributed by atoms with Crippen LogP contribution >= 0.6 is 0 Å². The molecule has 2 aliphatic carbocycles. The zero-order valence-corrected chi connectivity index (χ0v) is 13.1. The van der Waals surface area contributed by atoms with E-state index in [2.05, 4.69) is 27.7 Å². The van der Waals surface area contributed by atoms with Crippen molar-refractivity contribution in [2.75, 3.05) is 0 Å². The highest BCUT2D eigenvalue weighted by atomic mass is 14.4. The fraction of sp³-hybridized carbons (Fsp3) is 1.00. The quantitative estimate of drug-likeness (QED) is 0.584. The Balaban J connectivity index is 2.02. The Hall–Kier alpha value is 0. The van der Waals surface area contributed by atoms with Gasteiger partial charge in [0.15, 0.2) is 0 Å². The molecular weight excluding hydrogens is 216 g/mol. The topological polar surface area (TPSA) is 0 Å². The van der Waals surface area contributed by atoms with Crippen LogP contribution < -0.4 is 0 Å². The molecule has 0 aromatic rings. The summed E-state index contributed by atoms with van der Waals surface area (Å²) in [4.78, 5) is 0. The van der Waals surface area contributed by atoms with Crippen LogP contribution in [-0.2, 0) is 0 Å². The maximum absolute atomic E-state index is 2.53. The molecule has 0 amide bonds. The first-order chi connectivity index (χ1) is 8.59. The van der Waals surface area contributed by atoms with Crippen molar-refractivity contribution in [2.45, 2.75) is 79.1 Å². The number of hydrogen-bond acceptors (Lipinski definition) is 0. The maximum atomic E-state index is 2.53. The van der Waals surface area contributed by atoms with Gasteiger partial charge in [-0.25, -0.2) is 0 Å². The highest BCUT2D eigenvalue weighted by Crippen LogP contribution is 2.46. The lowest BCUT2D eigenvalue weighted by atomic mass is 9.62. The van der Waals surface area contributed by atoms with E-state index in [0.717, 1.165) is 35.5 Å². The Morgan fingerprint density at radius 3 is 1.94 bits per heavy atom. The van der Waals surface area contributed by atoms with Gasteiger partial charge in [0.2, 0.25) is 0 Å². The first-order valence-electron chi connectivity index (χ1n) is 8.59. The Bertz CT molecular complexity index is 234. The van der Waals surface area contributed by atoms with Gasteiger partial charge >= 0.3 is 0 Å². The van der Waals surface area contributed by atoms with E-state index in [1.54, 1.807) is 0 Å². The van der Waals surface area contributed by atoms with Gasteiger partial charge in [0.25, 0.3) is 0 Å². The van der Waals surface area contributed by atoms with Crippen LogP contribution in [0.2, 0.25) is 0 Å². The lowest BCUT2D eigenvalue weighted by molar-refractivity contribution is 0.0600. The van der Waals surface area contributed by atoms with E-state index in [1.165, 1.54) is 51.4 Å². The van der Waals surface area contributed by atoms with Crippen LogP contribution in [0.4, 0.5) is 0 Å². The average Bonchev–Trinajstić information content (AvgIpc) is 2.34. The van der Waals surface area contributed by atoms with Crippen LogP contribution in [0.3, 0.4) is 0 Å². The first kappa shape index (κ1) is 14.4. The molecule has 2 aliphatic rings. The molecule has 2 fully saturated rings. The Kier molecular flexibility index (Phi) is 5.15. The van der Waals surface area contributed by atoms with Gasteiger partial charge in [0, 0.05) is 0 Å². The van der Waals surface area contributed by atoms with E-state index in [-0.39, 0.29) is 0 Å². The van der Waals surface area contributed by atoms with E-state index >= 15 is 0 Å². The second-order valence-electron chi connectivity index (χ2n) is 7.77. The van der Waals surface area contributed by atoms with Crippen LogP contribution in [-0.4, -0.2) is 0 Å². The third-order valence-electron chi connectivity index (χ3n) is 6.05. The van der Waals surface area contributed by atoms with Crippen LogP contribution in [0, 0.1) is 35.5 Å². The second-order valence-corrected chi connectivity index (χ2v) is 7.77. The van der Waals surface area contributed by atoms with Gasteiger partial charge in [-0.15, -0.1) is 0 Å². The molecule has 2 saturated carbocycles. The molecule has 18 heavy (non-hydrogen) atoms. The van der Waals surface area contributed by atoms with Crippen molar-refractivity contribution in [3.63, 3.8) is 0 Å². The standard InChI is InChI=1S/C18H34/c1-13(2)18(16-11-9-14(3)10-12-16)17-8-6-5-7-15(17)4/h13-18H,5-12H2,1-4H3. The fourth-order valence-corrected chi connectivity index (χ4v) is 4.98. The number of hydrogen-bond donors (Lipinski definition) is 0. The predicted octanol–water partition coefficient (Wildman–Crippen LogP) is 5.91. The van der Waals surface area contributed by atoms with E-state index in [1.807, 2.05) is 0 Å². The minimum absolute atomic E-state index is 0.897. The lowest BCUT2D eigenvalue weighted by Crippen LogP contribution is -2.35. The predicted molar refractivity (Wildman–Crippen MR) is 80.6 cm³/mol. The summed E-state index contributed by atoms with van der Waals surface area (Å²) in [6, 6.07) is 0. The fourth-order valence-electron chi connectivity index (χ4n) is 4.98. The molecule has 0 aliphatic heterocycles. The average molecular weight is 250 g/mol. The third kappa shape index (κ3) is 3.31. The molecular formula is C18H34. The molecule has 0 radical (unpaired) electrons. The molecule has 0 spiro atoms. The number of rotatable bonds is 3. The summed E-state index contributed by atoms with van der Waals surface area (Å²) in [6.45, 7) is 9.96. The normalized spacial score (nSPS) is 39.8. The van der Waals surface area contributed by atoms with Gasteiger partial charge in [0.05, 0.1) is 0 Å². The summed E-state index contributed by atoms with van der Waals surface area (Å²) < 4.78 is 0. The van der Waals surface area contributed by atoms with Crippen LogP contribution in [0.5, 0.6) is 0 Å². The van der Waals surface area contributed by atoms with Gasteiger partial charge in [-0.05, 0) is 54.8 Å². The van der Waals surface area contributed by atoms with Crippen molar-refractivity contribution >= 4 is 0 Å². The summed E-state index contributed by atoms with van der Waals surface area (Å²) in [5.74, 6) is 5.99. The molecule has 0 aromatic heterocycles. The van der Waals surface area contributed by atoms with E-state index in [9.17, 15) is 0 Å². The van der Waals surface area contributed by atoms with Crippen molar-refractivity contribution in [3.8, 4) is 0 Å². The summed E-state index contributed by atoms with van der Waals surface area (Å²) in [5, 5.41) is 0. The molecule has 106 valence electrons. The highest BCUT2D eigenvalue weighted by molar-refractivity contribution is 4.86. The minimum atomic E-state index is 0.897. The molecule has 0 bridgehead atoms. The first-order valence-corrected chi connectivity index (χ1v) is 8.59. The summed E-state index contributed by atoms with van der Waals surface area (Å²) in [6.07, 6.45) is 12.0. The molecule has 3 atom stereocenters. The van der Waals surface area contributed by atoms with Crippen molar-refractivity contribution < 1.29 is 0 Å². The van der Waals surface area contributed by atoms with Crippen molar-refractivity contribution in [2.24, 2.45) is 35.5 Å². The molecule has 0 nitrogen and oxygen atoms in total. The molecule has 0 heterocycles. The second kappa shape index (κ2) is 6.44. The van der Waals surface area contributed by atoms with E-state index in [4.69, 9.17) is 0 Å². The minimum Gasteiger partial charge on any atom is -0.0625 e. The lowest BCUT2D eigenvalue weighted by Gasteiger charge is -2.44. The largest absolute Gasteiger partial charge is 0.0625 e. The van der Waals surface area contributed by atoms with Crippen LogP contribution in [0.15, 0.2) is 0 Å². The summed E-state index contributed by atoms with van der Waals surface area (Å²) >= 11 is 0. The molecule has 0 N–H and O–H groups in total. The zero-order chi connectivity index (χ0) is 13.1. The van der Waals surface area contributed by atoms with E-state index in [0.29, 0.717) is 0 Å². The molecule has 0 heteroatoms. The maximum Gasteiger partial charge on any atom is -0.0332 e. The Labute approximate surface area is 115 Å². The third-order valence-corrected chi connectivity index (χ3v) is 6.05. The molecule has 0 saturated heterocycles. The van der Waals surface area contributed by atoms with Crippen LogP contribution in [0.25, 0.3) is 0 Å². The molecule has 2 rings (SSSR count). The van der Waals surface area contributed by atoms with Crippen molar-refractivity contribution in [1.82, 2.24) is 0 Å². The van der Waals surface area contributed by atoms with Crippen LogP contribution in [0.1, 0.15) is 79.1 Å². The Morgan fingerprint density at radius 2 is 1.39 bits per heavy atom. The summed E-state index contributed by atoms with van der Waals surface area (Å²) in [5.41, 5.74) is 0. The van der Waals surface area contributed by atoms with Gasteiger partial charge < -0.3 is 0 Å². The SMILES string of the molecule is CC1CCC(C(C(C)C)C2CCCCC2C)CC1. The monoisotopic (exact) mass is 250 g/mol. The Morgan fingerprint density at radius 1 is 0.778 bits per heavy atom. The molecule has 0 aromatic carbocycles. The van der Waals surface area contributed by atoms with Gasteiger partial charge in [-0.3, -0.25) is 0 Å². The van der Waals surface area contributed by atoms with E-state index < -0.39 is 0 Å². The van der Waals surface area contributed by atoms with Gasteiger partial charge in [-0.2, -0.15) is 0 Å². The van der Waals surface area contributed by atoms with Crippen molar-refractivity contribution in [1.29, 1.82) is 0 Å². The summed E-state index contributed by atoms with van der Waals surface area (Å²) in [7, 11) is 0.